The summed E-state index contributed by atoms with van der Waals surface area (Å²) in [7, 11) is 0. The molecule has 0 amide bonds. The first-order chi connectivity index (χ1) is 8.16. The number of phenolic OH excluding ortho intramolecular Hbond substituents is 1. The number of aromatic hydroxyl groups is 1. The molecule has 17 heavy (non-hydrogen) atoms. The Morgan fingerprint density at radius 3 is 2.53 bits per heavy atom. The average Bonchev–Trinajstić information content (AvgIpc) is 2.32. The van der Waals surface area contributed by atoms with Gasteiger partial charge in [0.2, 0.25) is 0 Å². The van der Waals surface area contributed by atoms with Crippen molar-refractivity contribution in [3.8, 4) is 11.5 Å². The smallest absolute Gasteiger partial charge is 0.504 e. The summed E-state index contributed by atoms with van der Waals surface area (Å²) in [5.74, 6) is 0.376. The van der Waals surface area contributed by atoms with Gasteiger partial charge in [-0.05, 0) is 36.5 Å². The van der Waals surface area contributed by atoms with Gasteiger partial charge in [-0.25, -0.2) is 4.79 Å². The number of ether oxygens (including phenoxy) is 1. The molecule has 0 atom stereocenters. The van der Waals surface area contributed by atoms with Crippen LogP contribution < -0.4 is 4.74 Å². The number of rotatable bonds is 2. The van der Waals surface area contributed by atoms with E-state index >= 15 is 0 Å². The molecule has 1 aromatic rings. The fraction of sp³-hybridized carbons (Fsp3) is 0.462. The van der Waals surface area contributed by atoms with E-state index in [0.29, 0.717) is 5.92 Å². The van der Waals surface area contributed by atoms with Crippen molar-refractivity contribution < 1.29 is 19.7 Å². The van der Waals surface area contributed by atoms with E-state index in [-0.39, 0.29) is 11.5 Å². The molecule has 0 aliphatic heterocycles. The average molecular weight is 236 g/mol. The molecule has 0 aromatic heterocycles. The van der Waals surface area contributed by atoms with Gasteiger partial charge in [0.25, 0.3) is 0 Å². The second-order valence-electron chi connectivity index (χ2n) is 4.43. The number of carbonyl (C=O) groups is 1. The quantitative estimate of drug-likeness (QED) is 0.609. The van der Waals surface area contributed by atoms with Gasteiger partial charge in [0.15, 0.2) is 11.5 Å². The lowest BCUT2D eigenvalue weighted by Crippen LogP contribution is -2.06. The van der Waals surface area contributed by atoms with Gasteiger partial charge in [0, 0.05) is 0 Å². The maximum absolute atomic E-state index is 10.4. The van der Waals surface area contributed by atoms with E-state index in [1.54, 1.807) is 6.07 Å². The summed E-state index contributed by atoms with van der Waals surface area (Å²) < 4.78 is 4.45. The van der Waals surface area contributed by atoms with Gasteiger partial charge in [-0.2, -0.15) is 0 Å². The first-order valence-corrected chi connectivity index (χ1v) is 5.90. The minimum Gasteiger partial charge on any atom is -0.504 e. The first kappa shape index (κ1) is 11.8. The molecule has 2 rings (SSSR count). The standard InChI is InChI=1S/C13H16O4/c14-11-8-10(9-4-2-1-3-5-9)6-7-12(11)17-13(15)16/h6-9,14H,1-5H2,(H,15,16). The van der Waals surface area contributed by atoms with Crippen molar-refractivity contribution in [1.82, 2.24) is 0 Å². The summed E-state index contributed by atoms with van der Waals surface area (Å²) in [6.45, 7) is 0. The van der Waals surface area contributed by atoms with E-state index in [1.807, 2.05) is 6.07 Å². The maximum atomic E-state index is 10.4. The predicted octanol–water partition coefficient (Wildman–Crippen LogP) is 3.50. The molecule has 2 N–H and O–H groups in total. The first-order valence-electron chi connectivity index (χ1n) is 5.90. The summed E-state index contributed by atoms with van der Waals surface area (Å²) >= 11 is 0. The zero-order chi connectivity index (χ0) is 12.3. The van der Waals surface area contributed by atoms with Crippen molar-refractivity contribution in [2.75, 3.05) is 0 Å². The van der Waals surface area contributed by atoms with Crippen LogP contribution in [0.1, 0.15) is 43.6 Å². The molecule has 0 radical (unpaired) electrons. The Labute approximate surface area is 99.8 Å². The highest BCUT2D eigenvalue weighted by molar-refractivity contribution is 5.63. The third kappa shape index (κ3) is 2.90. The van der Waals surface area contributed by atoms with Crippen LogP contribution in [0.15, 0.2) is 18.2 Å². The zero-order valence-electron chi connectivity index (χ0n) is 9.56. The topological polar surface area (TPSA) is 66.8 Å². The second-order valence-corrected chi connectivity index (χ2v) is 4.43. The molecule has 0 spiro atoms. The molecule has 4 heteroatoms. The van der Waals surface area contributed by atoms with E-state index in [0.717, 1.165) is 18.4 Å². The van der Waals surface area contributed by atoms with Crippen molar-refractivity contribution in [1.29, 1.82) is 0 Å². The summed E-state index contributed by atoms with van der Waals surface area (Å²) in [4.78, 5) is 10.4. The van der Waals surface area contributed by atoms with Gasteiger partial charge in [-0.15, -0.1) is 0 Å². The van der Waals surface area contributed by atoms with Crippen LogP contribution in [0.25, 0.3) is 0 Å². The predicted molar refractivity (Wildman–Crippen MR) is 62.6 cm³/mol. The fourth-order valence-corrected chi connectivity index (χ4v) is 2.40. The van der Waals surface area contributed by atoms with Gasteiger partial charge in [-0.1, -0.05) is 25.3 Å². The van der Waals surface area contributed by atoms with E-state index in [9.17, 15) is 9.90 Å². The Balaban J connectivity index is 2.14. The number of phenols is 1. The molecule has 4 nitrogen and oxygen atoms in total. The summed E-state index contributed by atoms with van der Waals surface area (Å²) in [6, 6.07) is 4.98. The zero-order valence-corrected chi connectivity index (χ0v) is 9.56. The van der Waals surface area contributed by atoms with E-state index in [4.69, 9.17) is 5.11 Å². The molecular weight excluding hydrogens is 220 g/mol. The second kappa shape index (κ2) is 5.08. The molecule has 1 aliphatic carbocycles. The van der Waals surface area contributed by atoms with Crippen LogP contribution in [-0.4, -0.2) is 16.4 Å². The lowest BCUT2D eigenvalue weighted by molar-refractivity contribution is 0.143. The summed E-state index contributed by atoms with van der Waals surface area (Å²) in [6.07, 6.45) is 4.59. The molecule has 92 valence electrons. The molecule has 0 saturated heterocycles. The number of hydrogen-bond donors (Lipinski definition) is 2. The fourth-order valence-electron chi connectivity index (χ4n) is 2.40. The van der Waals surface area contributed by atoms with Crippen molar-refractivity contribution in [2.24, 2.45) is 0 Å². The highest BCUT2D eigenvalue weighted by Crippen LogP contribution is 2.36. The molecule has 0 bridgehead atoms. The molecule has 0 unspecified atom stereocenters. The van der Waals surface area contributed by atoms with Crippen molar-refractivity contribution in [2.45, 2.75) is 38.0 Å². The molecular formula is C13H16O4. The van der Waals surface area contributed by atoms with Crippen LogP contribution in [0.5, 0.6) is 11.5 Å². The molecule has 1 fully saturated rings. The van der Waals surface area contributed by atoms with Crippen molar-refractivity contribution in [3.63, 3.8) is 0 Å². The molecule has 1 aromatic carbocycles. The third-order valence-electron chi connectivity index (χ3n) is 3.26. The van der Waals surface area contributed by atoms with Crippen LogP contribution in [0.2, 0.25) is 0 Å². The lowest BCUT2D eigenvalue weighted by atomic mass is 9.84. The van der Waals surface area contributed by atoms with E-state index in [2.05, 4.69) is 4.74 Å². The number of carboxylic acid groups (broad SMARTS) is 1. The molecule has 0 heterocycles. The van der Waals surface area contributed by atoms with E-state index < -0.39 is 6.16 Å². The largest absolute Gasteiger partial charge is 0.511 e. The maximum Gasteiger partial charge on any atom is 0.511 e. The Hall–Kier alpha value is -1.71. The number of benzene rings is 1. The van der Waals surface area contributed by atoms with Crippen molar-refractivity contribution >= 4 is 6.16 Å². The highest BCUT2D eigenvalue weighted by Gasteiger charge is 2.17. The monoisotopic (exact) mass is 236 g/mol. The lowest BCUT2D eigenvalue weighted by Gasteiger charge is -2.22. The Morgan fingerprint density at radius 1 is 1.24 bits per heavy atom. The minimum atomic E-state index is -1.41. The molecule has 1 aliphatic rings. The van der Waals surface area contributed by atoms with Crippen LogP contribution in [-0.2, 0) is 0 Å². The normalized spacial score (nSPS) is 16.7. The van der Waals surface area contributed by atoms with Crippen LogP contribution >= 0.6 is 0 Å². The summed E-state index contributed by atoms with van der Waals surface area (Å²) in [5, 5.41) is 18.2. The minimum absolute atomic E-state index is 0.00272. The van der Waals surface area contributed by atoms with Crippen LogP contribution in [0.3, 0.4) is 0 Å². The Kier molecular flexibility index (Phi) is 3.52. The number of hydrogen-bond acceptors (Lipinski definition) is 3. The van der Waals surface area contributed by atoms with Crippen LogP contribution in [0, 0.1) is 0 Å². The third-order valence-corrected chi connectivity index (χ3v) is 3.26. The highest BCUT2D eigenvalue weighted by atomic mass is 16.7. The molecule has 1 saturated carbocycles. The van der Waals surface area contributed by atoms with E-state index in [1.165, 1.54) is 25.3 Å². The van der Waals surface area contributed by atoms with Gasteiger partial charge < -0.3 is 14.9 Å². The summed E-state index contributed by atoms with van der Waals surface area (Å²) in [5.41, 5.74) is 1.07. The SMILES string of the molecule is O=C(O)Oc1ccc(C2CCCCC2)cc1O. The van der Waals surface area contributed by atoms with Gasteiger partial charge in [0.1, 0.15) is 0 Å². The van der Waals surface area contributed by atoms with Crippen molar-refractivity contribution in [3.05, 3.63) is 23.8 Å². The van der Waals surface area contributed by atoms with Crippen LogP contribution in [0.4, 0.5) is 4.79 Å². The Bertz CT molecular complexity index is 408. The Morgan fingerprint density at radius 2 is 1.94 bits per heavy atom. The van der Waals surface area contributed by atoms with Gasteiger partial charge >= 0.3 is 6.16 Å². The van der Waals surface area contributed by atoms with Gasteiger partial charge in [0.05, 0.1) is 0 Å². The van der Waals surface area contributed by atoms with Gasteiger partial charge in [-0.3, -0.25) is 0 Å².